The summed E-state index contributed by atoms with van der Waals surface area (Å²) in [5.74, 6) is -0.126. The molecule has 0 radical (unpaired) electrons. The molecule has 1 atom stereocenters. The van der Waals surface area contributed by atoms with Crippen molar-refractivity contribution >= 4 is 5.91 Å². The lowest BCUT2D eigenvalue weighted by Crippen LogP contribution is -2.42. The first-order valence-corrected chi connectivity index (χ1v) is 6.30. The minimum atomic E-state index is -0.523. The quantitative estimate of drug-likeness (QED) is 0.823. The van der Waals surface area contributed by atoms with Crippen molar-refractivity contribution in [3.63, 3.8) is 0 Å². The van der Waals surface area contributed by atoms with Gasteiger partial charge < -0.3 is 9.64 Å². The monoisotopic (exact) mass is 251 g/mol. The summed E-state index contributed by atoms with van der Waals surface area (Å²) in [6.07, 6.45) is 1.51. The summed E-state index contributed by atoms with van der Waals surface area (Å²) >= 11 is 0. The SMILES string of the molecule is CCC[C@@H](CF)N1COCc2ccccc2C1=O. The summed E-state index contributed by atoms with van der Waals surface area (Å²) in [4.78, 5) is 13.9. The standard InChI is InChI=1S/C14H18FNO2/c1-2-5-12(8-15)16-10-18-9-11-6-3-4-7-13(11)14(16)17/h3-4,6-7,12H,2,5,8-10H2,1H3/t12-/m0/s1. The van der Waals surface area contributed by atoms with Crippen LogP contribution in [-0.4, -0.2) is 30.3 Å². The van der Waals surface area contributed by atoms with Gasteiger partial charge in [-0.2, -0.15) is 0 Å². The molecule has 2 rings (SSSR count). The number of benzene rings is 1. The zero-order valence-electron chi connectivity index (χ0n) is 10.6. The maximum Gasteiger partial charge on any atom is 0.256 e. The molecule has 1 heterocycles. The number of amides is 1. The molecule has 1 amide bonds. The Kier molecular flexibility index (Phi) is 4.31. The fourth-order valence-electron chi connectivity index (χ4n) is 2.24. The molecule has 0 aliphatic carbocycles. The molecule has 1 aromatic rings. The van der Waals surface area contributed by atoms with Gasteiger partial charge in [0.2, 0.25) is 0 Å². The van der Waals surface area contributed by atoms with Crippen LogP contribution < -0.4 is 0 Å². The van der Waals surface area contributed by atoms with Gasteiger partial charge in [-0.3, -0.25) is 4.79 Å². The van der Waals surface area contributed by atoms with Crippen molar-refractivity contribution in [2.45, 2.75) is 32.4 Å². The van der Waals surface area contributed by atoms with Gasteiger partial charge in [-0.1, -0.05) is 31.5 Å². The van der Waals surface area contributed by atoms with Crippen molar-refractivity contribution < 1.29 is 13.9 Å². The fraction of sp³-hybridized carbons (Fsp3) is 0.500. The first-order chi connectivity index (χ1) is 8.77. The Bertz CT molecular complexity index is 422. The van der Waals surface area contributed by atoms with E-state index in [1.54, 1.807) is 6.07 Å². The number of nitrogens with zero attached hydrogens (tertiary/aromatic N) is 1. The maximum absolute atomic E-state index is 13.1. The lowest BCUT2D eigenvalue weighted by molar-refractivity contribution is 0.00207. The van der Waals surface area contributed by atoms with Crippen LogP contribution in [0.4, 0.5) is 4.39 Å². The van der Waals surface area contributed by atoms with Gasteiger partial charge in [0.25, 0.3) is 5.91 Å². The van der Waals surface area contributed by atoms with Crippen molar-refractivity contribution in [3.8, 4) is 0 Å². The molecule has 0 N–H and O–H groups in total. The Labute approximate surface area is 107 Å². The van der Waals surface area contributed by atoms with Crippen LogP contribution in [0.25, 0.3) is 0 Å². The van der Waals surface area contributed by atoms with Crippen molar-refractivity contribution in [1.82, 2.24) is 4.90 Å². The molecule has 98 valence electrons. The summed E-state index contributed by atoms with van der Waals surface area (Å²) in [6.45, 7) is 2.04. The van der Waals surface area contributed by atoms with E-state index < -0.39 is 6.67 Å². The third-order valence-corrected chi connectivity index (χ3v) is 3.24. The van der Waals surface area contributed by atoms with E-state index in [9.17, 15) is 9.18 Å². The van der Waals surface area contributed by atoms with Crippen LogP contribution in [0.1, 0.15) is 35.7 Å². The zero-order valence-corrected chi connectivity index (χ0v) is 10.6. The lowest BCUT2D eigenvalue weighted by atomic mass is 10.1. The summed E-state index contributed by atoms with van der Waals surface area (Å²) in [5.41, 5.74) is 1.50. The van der Waals surface area contributed by atoms with E-state index in [0.29, 0.717) is 18.6 Å². The topological polar surface area (TPSA) is 29.5 Å². The van der Waals surface area contributed by atoms with E-state index in [-0.39, 0.29) is 18.7 Å². The van der Waals surface area contributed by atoms with E-state index in [0.717, 1.165) is 12.0 Å². The number of carbonyl (C=O) groups excluding carboxylic acids is 1. The molecule has 3 nitrogen and oxygen atoms in total. The molecular formula is C14H18FNO2. The lowest BCUT2D eigenvalue weighted by Gasteiger charge is -2.28. The van der Waals surface area contributed by atoms with Gasteiger partial charge in [0.15, 0.2) is 0 Å². The Morgan fingerprint density at radius 3 is 2.94 bits per heavy atom. The number of fused-ring (bicyclic) bond motifs is 1. The third-order valence-electron chi connectivity index (χ3n) is 3.24. The molecule has 4 heteroatoms. The predicted molar refractivity (Wildman–Crippen MR) is 66.9 cm³/mol. The van der Waals surface area contributed by atoms with Crippen LogP contribution in [0.2, 0.25) is 0 Å². The van der Waals surface area contributed by atoms with Crippen molar-refractivity contribution in [2.24, 2.45) is 0 Å². The zero-order chi connectivity index (χ0) is 13.0. The van der Waals surface area contributed by atoms with Gasteiger partial charge >= 0.3 is 0 Å². The van der Waals surface area contributed by atoms with Crippen LogP contribution >= 0.6 is 0 Å². The average Bonchev–Trinajstić information content (AvgIpc) is 2.56. The summed E-state index contributed by atoms with van der Waals surface area (Å²) in [5, 5.41) is 0. The third kappa shape index (κ3) is 2.53. The highest BCUT2D eigenvalue weighted by atomic mass is 19.1. The summed E-state index contributed by atoms with van der Waals surface area (Å²) in [6, 6.07) is 6.98. The highest BCUT2D eigenvalue weighted by Crippen LogP contribution is 2.20. The van der Waals surface area contributed by atoms with Gasteiger partial charge in [-0.25, -0.2) is 4.39 Å². The number of hydrogen-bond donors (Lipinski definition) is 0. The minimum Gasteiger partial charge on any atom is -0.356 e. The number of halogens is 1. The van der Waals surface area contributed by atoms with Crippen molar-refractivity contribution in [1.29, 1.82) is 0 Å². The Morgan fingerprint density at radius 2 is 2.22 bits per heavy atom. The predicted octanol–water partition coefficient (Wildman–Crippen LogP) is 2.75. The molecule has 0 saturated carbocycles. The second-order valence-corrected chi connectivity index (χ2v) is 4.51. The molecule has 1 aliphatic rings. The first-order valence-electron chi connectivity index (χ1n) is 6.30. The fourth-order valence-corrected chi connectivity index (χ4v) is 2.24. The van der Waals surface area contributed by atoms with Crippen LogP contribution in [0.5, 0.6) is 0 Å². The maximum atomic E-state index is 13.1. The molecule has 0 spiro atoms. The van der Waals surface area contributed by atoms with Gasteiger partial charge in [0, 0.05) is 5.56 Å². The van der Waals surface area contributed by atoms with Crippen molar-refractivity contribution in [3.05, 3.63) is 35.4 Å². The van der Waals surface area contributed by atoms with E-state index in [2.05, 4.69) is 0 Å². The molecular weight excluding hydrogens is 233 g/mol. The number of alkyl halides is 1. The summed E-state index contributed by atoms with van der Waals surface area (Å²) in [7, 11) is 0. The first kappa shape index (κ1) is 13.0. The minimum absolute atomic E-state index is 0.126. The Hall–Kier alpha value is -1.42. The number of carbonyl (C=O) groups is 1. The van der Waals surface area contributed by atoms with E-state index in [1.165, 1.54) is 4.90 Å². The van der Waals surface area contributed by atoms with Crippen LogP contribution in [0.3, 0.4) is 0 Å². The van der Waals surface area contributed by atoms with Crippen LogP contribution in [0.15, 0.2) is 24.3 Å². The molecule has 0 bridgehead atoms. The summed E-state index contributed by atoms with van der Waals surface area (Å²) < 4.78 is 18.5. The second-order valence-electron chi connectivity index (χ2n) is 4.51. The molecule has 0 unspecified atom stereocenters. The highest BCUT2D eigenvalue weighted by molar-refractivity contribution is 5.96. The van der Waals surface area contributed by atoms with Crippen LogP contribution in [0, 0.1) is 0 Å². The normalized spacial score (nSPS) is 17.2. The average molecular weight is 251 g/mol. The molecule has 18 heavy (non-hydrogen) atoms. The van der Waals surface area contributed by atoms with Gasteiger partial charge in [0.1, 0.15) is 13.4 Å². The second kappa shape index (κ2) is 5.96. The Balaban J connectivity index is 2.27. The van der Waals surface area contributed by atoms with E-state index in [4.69, 9.17) is 4.74 Å². The molecule has 0 aromatic heterocycles. The van der Waals surface area contributed by atoms with Crippen LogP contribution in [-0.2, 0) is 11.3 Å². The largest absolute Gasteiger partial charge is 0.356 e. The van der Waals surface area contributed by atoms with E-state index >= 15 is 0 Å². The van der Waals surface area contributed by atoms with Gasteiger partial charge in [-0.05, 0) is 18.1 Å². The molecule has 0 saturated heterocycles. The Morgan fingerprint density at radius 1 is 1.44 bits per heavy atom. The van der Waals surface area contributed by atoms with Gasteiger partial charge in [-0.15, -0.1) is 0 Å². The van der Waals surface area contributed by atoms with Crippen molar-refractivity contribution in [2.75, 3.05) is 13.4 Å². The number of rotatable bonds is 4. The molecule has 0 fully saturated rings. The molecule has 1 aromatic carbocycles. The smallest absolute Gasteiger partial charge is 0.256 e. The number of ether oxygens (including phenoxy) is 1. The highest BCUT2D eigenvalue weighted by Gasteiger charge is 2.28. The number of hydrogen-bond acceptors (Lipinski definition) is 2. The van der Waals surface area contributed by atoms with E-state index in [1.807, 2.05) is 25.1 Å². The molecule has 1 aliphatic heterocycles. The van der Waals surface area contributed by atoms with Gasteiger partial charge in [0.05, 0.1) is 12.6 Å².